The molecule has 1 aromatic heterocycles. The molecule has 0 spiro atoms. The Morgan fingerprint density at radius 1 is 1.21 bits per heavy atom. The van der Waals surface area contributed by atoms with E-state index in [9.17, 15) is 10.1 Å². The number of rotatable bonds is 8. The number of hydrogen-bond acceptors (Lipinski definition) is 4. The van der Waals surface area contributed by atoms with Crippen molar-refractivity contribution in [1.82, 2.24) is 4.57 Å². The van der Waals surface area contributed by atoms with Crippen LogP contribution in [-0.4, -0.2) is 29.3 Å². The average Bonchev–Trinajstić information content (AvgIpc) is 3.61. The minimum atomic E-state index is -0.432. The molecule has 0 aliphatic heterocycles. The molecule has 2 aliphatic carbocycles. The third kappa shape index (κ3) is 4.45. The number of amides is 1. The van der Waals surface area contributed by atoms with Gasteiger partial charge in [0.2, 0.25) is 0 Å². The second-order valence-electron chi connectivity index (χ2n) is 9.16. The number of nitrogens with zero attached hydrogens (tertiary/aromatic N) is 2. The molecular weight excluding hydrogens is 450 g/mol. The number of nitrogens with one attached hydrogen (secondary N) is 1. The molecule has 0 bridgehead atoms. The molecule has 5 rings (SSSR count). The van der Waals surface area contributed by atoms with Crippen molar-refractivity contribution in [2.75, 3.05) is 17.8 Å². The van der Waals surface area contributed by atoms with E-state index in [1.807, 2.05) is 49.4 Å². The summed E-state index contributed by atoms with van der Waals surface area (Å²) in [7, 11) is 0. The summed E-state index contributed by atoms with van der Waals surface area (Å²) in [5.41, 5.74) is 4.17. The molecule has 6 nitrogen and oxygen atoms in total. The van der Waals surface area contributed by atoms with E-state index < -0.39 is 6.09 Å². The highest BCUT2D eigenvalue weighted by atomic mass is 35.5. The lowest BCUT2D eigenvalue weighted by atomic mass is 9.92. The Bertz CT molecular complexity index is 1240. The third-order valence-electron chi connectivity index (χ3n) is 6.86. The molecule has 7 heteroatoms. The van der Waals surface area contributed by atoms with E-state index in [1.54, 1.807) is 0 Å². The van der Waals surface area contributed by atoms with Gasteiger partial charge in [-0.25, -0.2) is 4.79 Å². The lowest BCUT2D eigenvalue weighted by molar-refractivity contribution is 0.108. The van der Waals surface area contributed by atoms with Crippen molar-refractivity contribution in [3.63, 3.8) is 0 Å². The van der Waals surface area contributed by atoms with Gasteiger partial charge in [0.15, 0.2) is 0 Å². The van der Waals surface area contributed by atoms with Crippen LogP contribution >= 0.6 is 11.6 Å². The normalized spacial score (nSPS) is 16.5. The van der Waals surface area contributed by atoms with E-state index in [-0.39, 0.29) is 6.10 Å². The lowest BCUT2D eigenvalue weighted by Gasteiger charge is -2.30. The molecule has 0 radical (unpaired) electrons. The van der Waals surface area contributed by atoms with Crippen LogP contribution in [0.25, 0.3) is 22.2 Å². The Morgan fingerprint density at radius 2 is 1.97 bits per heavy atom. The standard InChI is InChI=1S/C27H28ClN3O3/c1-17(18-5-6-18)34-27(32)30-20-9-7-19(8-10-20)26-24(16-29)23-12-11-22(33-14-13-28)15-25(23)31(26)21-3-2-4-21/h7-12,15,17-18,21H,2-6,13-14H2,1H3,(H,30,32)/t17-/m1/s1. The topological polar surface area (TPSA) is 76.3 Å². The van der Waals surface area contributed by atoms with Gasteiger partial charge in [-0.3, -0.25) is 5.32 Å². The number of carbonyl (C=O) groups excluding carboxylic acids is 1. The van der Waals surface area contributed by atoms with Gasteiger partial charge < -0.3 is 14.0 Å². The fourth-order valence-corrected chi connectivity index (χ4v) is 4.72. The van der Waals surface area contributed by atoms with Gasteiger partial charge in [-0.2, -0.15) is 5.26 Å². The van der Waals surface area contributed by atoms with Crippen molar-refractivity contribution in [2.45, 2.75) is 51.2 Å². The van der Waals surface area contributed by atoms with Crippen LogP contribution in [0.2, 0.25) is 0 Å². The Labute approximate surface area is 204 Å². The van der Waals surface area contributed by atoms with Crippen LogP contribution in [0, 0.1) is 17.2 Å². The Hall–Kier alpha value is -3.17. The first-order valence-corrected chi connectivity index (χ1v) is 12.5. The molecule has 34 heavy (non-hydrogen) atoms. The van der Waals surface area contributed by atoms with Gasteiger partial charge in [0.1, 0.15) is 24.5 Å². The number of carbonyl (C=O) groups is 1. The summed E-state index contributed by atoms with van der Waals surface area (Å²) in [6, 6.07) is 16.3. The zero-order valence-electron chi connectivity index (χ0n) is 19.2. The summed E-state index contributed by atoms with van der Waals surface area (Å²) in [4.78, 5) is 12.2. The van der Waals surface area contributed by atoms with Gasteiger partial charge in [0.05, 0.1) is 22.7 Å². The van der Waals surface area contributed by atoms with Gasteiger partial charge in [0.25, 0.3) is 0 Å². The summed E-state index contributed by atoms with van der Waals surface area (Å²) in [6.45, 7) is 2.38. The average molecular weight is 478 g/mol. The molecule has 2 aliphatic rings. The predicted molar refractivity (Wildman–Crippen MR) is 133 cm³/mol. The van der Waals surface area contributed by atoms with Crippen molar-refractivity contribution in [3.8, 4) is 23.1 Å². The fourth-order valence-electron chi connectivity index (χ4n) is 4.65. The van der Waals surface area contributed by atoms with Crippen LogP contribution < -0.4 is 10.1 Å². The fraction of sp³-hybridized carbons (Fsp3) is 0.407. The first-order valence-electron chi connectivity index (χ1n) is 11.9. The number of fused-ring (bicyclic) bond motifs is 1. The van der Waals surface area contributed by atoms with Gasteiger partial charge in [-0.15, -0.1) is 11.6 Å². The van der Waals surface area contributed by atoms with E-state index in [2.05, 4.69) is 16.0 Å². The maximum Gasteiger partial charge on any atom is 0.411 e. The van der Waals surface area contributed by atoms with Crippen LogP contribution in [-0.2, 0) is 4.74 Å². The molecule has 176 valence electrons. The SMILES string of the molecule is C[C@@H](OC(=O)Nc1ccc(-c2c(C#N)c3ccc(OCCCl)cc3n2C2CCC2)cc1)C1CC1. The zero-order valence-corrected chi connectivity index (χ0v) is 20.0. The van der Waals surface area contributed by atoms with Gasteiger partial charge in [0, 0.05) is 23.2 Å². The molecule has 1 N–H and O–H groups in total. The van der Waals surface area contributed by atoms with Crippen LogP contribution in [0.4, 0.5) is 10.5 Å². The Morgan fingerprint density at radius 3 is 2.59 bits per heavy atom. The molecular formula is C27H28ClN3O3. The summed E-state index contributed by atoms with van der Waals surface area (Å²) in [5, 5.41) is 13.8. The molecule has 3 aromatic rings. The first kappa shape index (κ1) is 22.6. The maximum atomic E-state index is 12.2. The van der Waals surface area contributed by atoms with Crippen molar-refractivity contribution >= 4 is 34.3 Å². The smallest absolute Gasteiger partial charge is 0.411 e. The van der Waals surface area contributed by atoms with E-state index in [0.717, 1.165) is 53.6 Å². The van der Waals surface area contributed by atoms with Crippen molar-refractivity contribution < 1.29 is 14.3 Å². The molecule has 1 atom stereocenters. The Kier molecular flexibility index (Phi) is 6.38. The number of aromatic nitrogens is 1. The number of anilines is 1. The Balaban J connectivity index is 1.47. The second kappa shape index (κ2) is 9.60. The number of nitriles is 1. The van der Waals surface area contributed by atoms with Gasteiger partial charge in [-0.05, 0) is 74.8 Å². The highest BCUT2D eigenvalue weighted by Gasteiger charge is 2.31. The van der Waals surface area contributed by atoms with Crippen LogP contribution in [0.1, 0.15) is 50.6 Å². The minimum absolute atomic E-state index is 0.0612. The van der Waals surface area contributed by atoms with E-state index in [0.29, 0.717) is 35.7 Å². The molecule has 2 aromatic carbocycles. The van der Waals surface area contributed by atoms with E-state index in [4.69, 9.17) is 21.1 Å². The van der Waals surface area contributed by atoms with Crippen molar-refractivity contribution in [3.05, 3.63) is 48.0 Å². The van der Waals surface area contributed by atoms with Crippen molar-refractivity contribution in [2.24, 2.45) is 5.92 Å². The predicted octanol–water partition coefficient (Wildman–Crippen LogP) is 6.87. The quantitative estimate of drug-likeness (QED) is 0.359. The molecule has 0 unspecified atom stereocenters. The summed E-state index contributed by atoms with van der Waals surface area (Å²) in [6.07, 6.45) is 5.10. The van der Waals surface area contributed by atoms with Gasteiger partial charge in [-0.1, -0.05) is 12.1 Å². The molecule has 1 amide bonds. The van der Waals surface area contributed by atoms with E-state index >= 15 is 0 Å². The molecule has 2 saturated carbocycles. The first-order chi connectivity index (χ1) is 16.6. The summed E-state index contributed by atoms with van der Waals surface area (Å²) < 4.78 is 13.5. The third-order valence-corrected chi connectivity index (χ3v) is 7.01. The largest absolute Gasteiger partial charge is 0.492 e. The number of hydrogen-bond donors (Lipinski definition) is 1. The lowest BCUT2D eigenvalue weighted by Crippen LogP contribution is -2.21. The molecule has 2 fully saturated rings. The summed E-state index contributed by atoms with van der Waals surface area (Å²) >= 11 is 5.79. The van der Waals surface area contributed by atoms with Crippen LogP contribution in [0.15, 0.2) is 42.5 Å². The number of alkyl halides is 1. The van der Waals surface area contributed by atoms with E-state index in [1.165, 1.54) is 6.42 Å². The summed E-state index contributed by atoms with van der Waals surface area (Å²) in [5.74, 6) is 1.66. The number of ether oxygens (including phenoxy) is 2. The number of benzene rings is 2. The molecule has 1 heterocycles. The molecule has 0 saturated heterocycles. The maximum absolute atomic E-state index is 12.2. The minimum Gasteiger partial charge on any atom is -0.492 e. The monoisotopic (exact) mass is 477 g/mol. The highest BCUT2D eigenvalue weighted by Crippen LogP contribution is 2.43. The van der Waals surface area contributed by atoms with Crippen molar-refractivity contribution in [1.29, 1.82) is 5.26 Å². The second-order valence-corrected chi connectivity index (χ2v) is 9.53. The zero-order chi connectivity index (χ0) is 23.7. The highest BCUT2D eigenvalue weighted by molar-refractivity contribution is 6.18. The van der Waals surface area contributed by atoms with Crippen LogP contribution in [0.5, 0.6) is 5.75 Å². The van der Waals surface area contributed by atoms with Crippen LogP contribution in [0.3, 0.4) is 0 Å². The van der Waals surface area contributed by atoms with Gasteiger partial charge >= 0.3 is 6.09 Å². The number of halogens is 1.